The topological polar surface area (TPSA) is 114 Å². The second-order valence-electron chi connectivity index (χ2n) is 6.23. The molecule has 9 heteroatoms. The molecule has 0 spiro atoms. The molecule has 0 aliphatic carbocycles. The van der Waals surface area contributed by atoms with Crippen molar-refractivity contribution >= 4 is 25.0 Å². The van der Waals surface area contributed by atoms with Crippen LogP contribution in [0.2, 0.25) is 0 Å². The van der Waals surface area contributed by atoms with E-state index in [0.717, 1.165) is 6.42 Å². The number of hydrogen-bond acceptors (Lipinski definition) is 8. The molecule has 172 valence electrons. The molecule has 0 radical (unpaired) electrons. The molecule has 1 unspecified atom stereocenters. The molecule has 0 saturated heterocycles. The molecule has 0 bridgehead atoms. The number of ether oxygens (including phenoxy) is 2. The molecule has 0 fully saturated rings. The third kappa shape index (κ3) is 9.28. The van der Waals surface area contributed by atoms with E-state index < -0.39 is 19.2 Å². The van der Waals surface area contributed by atoms with E-state index in [9.17, 15) is 14.2 Å². The van der Waals surface area contributed by atoms with Crippen LogP contribution in [0.5, 0.6) is 5.75 Å². The number of esters is 1. The van der Waals surface area contributed by atoms with Crippen LogP contribution in [0, 0.1) is 0 Å². The van der Waals surface area contributed by atoms with Crippen molar-refractivity contribution in [1.82, 2.24) is 0 Å². The highest BCUT2D eigenvalue weighted by atomic mass is 31.2. The average Bonchev–Trinajstić information content (AvgIpc) is 2.73. The smallest absolute Gasteiger partial charge is 0.344 e. The predicted octanol–water partition coefficient (Wildman–Crippen LogP) is 4.39. The highest BCUT2D eigenvalue weighted by Gasteiger charge is 2.40. The number of carbonyl (C=O) groups is 2. The number of Topliss-reactive ketones (excluding diaryl/α,β-unsaturated/α-hetero) is 1. The Labute approximate surface area is 179 Å². The molecule has 0 heterocycles. The second kappa shape index (κ2) is 15.0. The maximum absolute atomic E-state index is 12.2. The van der Waals surface area contributed by atoms with Crippen LogP contribution in [0.25, 0.3) is 0 Å². The van der Waals surface area contributed by atoms with Crippen molar-refractivity contribution in [2.75, 3.05) is 32.7 Å². The maximum Gasteiger partial charge on any atom is 0.344 e. The normalized spacial score (nSPS) is 11.8. The fraction of sp³-hybridized carbons (Fsp3) is 0.619. The number of anilines is 1. The summed E-state index contributed by atoms with van der Waals surface area (Å²) in [5.41, 5.74) is 6.72. The summed E-state index contributed by atoms with van der Waals surface area (Å²) in [7, 11) is -2.12. The van der Waals surface area contributed by atoms with E-state index in [0.29, 0.717) is 24.3 Å². The number of rotatable bonds is 12. The van der Waals surface area contributed by atoms with Crippen molar-refractivity contribution in [2.45, 2.75) is 59.5 Å². The van der Waals surface area contributed by atoms with Crippen LogP contribution in [0.15, 0.2) is 18.2 Å². The number of hydrogen-bond donors (Lipinski definition) is 1. The maximum atomic E-state index is 12.2. The van der Waals surface area contributed by atoms with Gasteiger partial charge in [0.15, 0.2) is 11.4 Å². The predicted molar refractivity (Wildman–Crippen MR) is 118 cm³/mol. The Morgan fingerprint density at radius 3 is 2.07 bits per heavy atom. The first-order valence-electron chi connectivity index (χ1n) is 10.2. The zero-order valence-electron chi connectivity index (χ0n) is 18.9. The molecule has 0 amide bonds. The second-order valence-corrected chi connectivity index (χ2v) is 8.45. The van der Waals surface area contributed by atoms with E-state index in [1.165, 1.54) is 12.7 Å². The number of ketones is 1. The zero-order valence-corrected chi connectivity index (χ0v) is 19.8. The van der Waals surface area contributed by atoms with Crippen molar-refractivity contribution in [1.29, 1.82) is 0 Å². The quantitative estimate of drug-likeness (QED) is 0.286. The number of methoxy groups -OCH3 is 1. The minimum absolute atomic E-state index is 0.0777. The first kappa shape index (κ1) is 28.1. The fourth-order valence-electron chi connectivity index (χ4n) is 2.44. The Balaban J connectivity index is 0.000000561. The molecule has 8 nitrogen and oxygen atoms in total. The van der Waals surface area contributed by atoms with Gasteiger partial charge in [-0.2, -0.15) is 0 Å². The minimum atomic E-state index is -3.38. The highest BCUT2D eigenvalue weighted by molar-refractivity contribution is 7.55. The van der Waals surface area contributed by atoms with Gasteiger partial charge in [0.1, 0.15) is 12.4 Å². The fourth-order valence-corrected chi connectivity index (χ4v) is 4.41. The van der Waals surface area contributed by atoms with Gasteiger partial charge in [-0.25, -0.2) is 0 Å². The summed E-state index contributed by atoms with van der Waals surface area (Å²) in [5.74, 6) is 0.116. The molecular weight excluding hydrogens is 409 g/mol. The van der Waals surface area contributed by atoms with Gasteiger partial charge in [0.05, 0.1) is 26.0 Å². The van der Waals surface area contributed by atoms with E-state index in [2.05, 4.69) is 11.7 Å². The van der Waals surface area contributed by atoms with Crippen LogP contribution in [0.3, 0.4) is 0 Å². The number of carbonyl (C=O) groups excluding carboxylic acids is 2. The summed E-state index contributed by atoms with van der Waals surface area (Å²) in [5, 5.41) is 0. The number of nitrogens with two attached hydrogens (primary N) is 1. The van der Waals surface area contributed by atoms with Crippen LogP contribution in [-0.4, -0.2) is 44.3 Å². The summed E-state index contributed by atoms with van der Waals surface area (Å²) in [6.45, 7) is 9.62. The van der Waals surface area contributed by atoms with Crippen LogP contribution < -0.4 is 10.5 Å². The summed E-state index contributed by atoms with van der Waals surface area (Å²) in [6, 6.07) is 5.66. The van der Waals surface area contributed by atoms with Gasteiger partial charge in [0.2, 0.25) is 0 Å². The van der Waals surface area contributed by atoms with E-state index in [4.69, 9.17) is 19.5 Å². The van der Waals surface area contributed by atoms with E-state index in [1.807, 2.05) is 25.1 Å². The summed E-state index contributed by atoms with van der Waals surface area (Å²) in [6.07, 6.45) is 1.80. The zero-order chi connectivity index (χ0) is 23.2. The molecule has 0 aliphatic heterocycles. The van der Waals surface area contributed by atoms with E-state index in [-0.39, 0.29) is 25.6 Å². The highest BCUT2D eigenvalue weighted by Crippen LogP contribution is 2.54. The van der Waals surface area contributed by atoms with Gasteiger partial charge in [-0.1, -0.05) is 26.8 Å². The monoisotopic (exact) mass is 445 g/mol. The summed E-state index contributed by atoms with van der Waals surface area (Å²) >= 11 is 0. The summed E-state index contributed by atoms with van der Waals surface area (Å²) < 4.78 is 32.2. The van der Waals surface area contributed by atoms with Crippen LogP contribution in [0.4, 0.5) is 5.69 Å². The van der Waals surface area contributed by atoms with Crippen molar-refractivity contribution in [3.8, 4) is 5.75 Å². The third-order valence-electron chi connectivity index (χ3n) is 4.13. The lowest BCUT2D eigenvalue weighted by Crippen LogP contribution is -2.24. The van der Waals surface area contributed by atoms with Crippen molar-refractivity contribution in [3.05, 3.63) is 23.8 Å². The van der Waals surface area contributed by atoms with Gasteiger partial charge in [0, 0.05) is 6.42 Å². The van der Waals surface area contributed by atoms with Crippen molar-refractivity contribution < 1.29 is 32.7 Å². The molecule has 1 aromatic rings. The molecule has 30 heavy (non-hydrogen) atoms. The SMILES string of the molecule is CCC(=O)COc1ccc(CC)cc1N.CCOP(=O)(OCC)C(CC)C(=O)OC. The van der Waals surface area contributed by atoms with Gasteiger partial charge in [-0.3, -0.25) is 14.2 Å². The molecule has 0 aromatic heterocycles. The lowest BCUT2D eigenvalue weighted by molar-refractivity contribution is -0.140. The first-order chi connectivity index (χ1) is 14.2. The Hall–Kier alpha value is -1.89. The summed E-state index contributed by atoms with van der Waals surface area (Å²) in [4.78, 5) is 22.4. The van der Waals surface area contributed by atoms with Crippen LogP contribution in [0.1, 0.15) is 53.0 Å². The molecule has 1 atom stereocenters. The van der Waals surface area contributed by atoms with Crippen molar-refractivity contribution in [3.63, 3.8) is 0 Å². The van der Waals surface area contributed by atoms with Gasteiger partial charge in [0.25, 0.3) is 0 Å². The van der Waals surface area contributed by atoms with Crippen LogP contribution >= 0.6 is 7.60 Å². The van der Waals surface area contributed by atoms with E-state index >= 15 is 0 Å². The van der Waals surface area contributed by atoms with Gasteiger partial charge >= 0.3 is 13.6 Å². The Morgan fingerprint density at radius 1 is 1.07 bits per heavy atom. The molecule has 1 rings (SSSR count). The largest absolute Gasteiger partial charge is 0.484 e. The van der Waals surface area contributed by atoms with E-state index in [1.54, 1.807) is 20.8 Å². The Morgan fingerprint density at radius 2 is 1.67 bits per heavy atom. The average molecular weight is 445 g/mol. The molecule has 2 N–H and O–H groups in total. The van der Waals surface area contributed by atoms with Gasteiger partial charge in [-0.05, 0) is 44.4 Å². The standard InChI is InChI=1S/C12H17NO2.C9H19O5P/c1-3-9-5-6-12(11(13)7-9)15-8-10(14)4-2;1-5-8(9(10)12-4)15(11,13-6-2)14-7-3/h5-7H,3-4,8,13H2,1-2H3;8H,5-7H2,1-4H3. The van der Waals surface area contributed by atoms with Crippen molar-refractivity contribution in [2.24, 2.45) is 0 Å². The lowest BCUT2D eigenvalue weighted by Gasteiger charge is -2.23. The molecule has 1 aromatic carbocycles. The molecule has 0 aliphatic rings. The molecule has 0 saturated carbocycles. The molecular formula is C21H36NO7P. The lowest BCUT2D eigenvalue weighted by atomic mass is 10.1. The Bertz CT molecular complexity index is 699. The van der Waals surface area contributed by atoms with Gasteiger partial charge < -0.3 is 24.3 Å². The van der Waals surface area contributed by atoms with Crippen LogP contribution in [-0.2, 0) is 34.4 Å². The number of benzene rings is 1. The third-order valence-corrected chi connectivity index (χ3v) is 6.70. The van der Waals surface area contributed by atoms with Gasteiger partial charge in [-0.15, -0.1) is 0 Å². The first-order valence-corrected chi connectivity index (χ1v) is 11.8. The number of aryl methyl sites for hydroxylation is 1. The minimum Gasteiger partial charge on any atom is -0.484 e. The Kier molecular flexibility index (Phi) is 14.0. The number of nitrogen functional groups attached to an aromatic ring is 1.